The van der Waals surface area contributed by atoms with Gasteiger partial charge in [-0.25, -0.2) is 4.98 Å². The number of benzene rings is 2. The van der Waals surface area contributed by atoms with Gasteiger partial charge in [-0.1, -0.05) is 61.0 Å². The summed E-state index contributed by atoms with van der Waals surface area (Å²) in [4.78, 5) is 33.2. The molecule has 0 N–H and O–H groups in total. The number of rotatable bonds is 5. The van der Waals surface area contributed by atoms with Crippen molar-refractivity contribution in [3.8, 4) is 0 Å². The summed E-state index contributed by atoms with van der Waals surface area (Å²) in [6.07, 6.45) is 7.44. The van der Waals surface area contributed by atoms with E-state index in [0.717, 1.165) is 44.9 Å². The quantitative estimate of drug-likeness (QED) is 0.401. The zero-order valence-corrected chi connectivity index (χ0v) is 19.3. The van der Waals surface area contributed by atoms with Crippen molar-refractivity contribution in [1.82, 2.24) is 14.5 Å². The van der Waals surface area contributed by atoms with E-state index in [2.05, 4.69) is 24.3 Å². The molecule has 32 heavy (non-hydrogen) atoms. The largest absolute Gasteiger partial charge is 0.338 e. The zero-order chi connectivity index (χ0) is 22.1. The van der Waals surface area contributed by atoms with Gasteiger partial charge in [0, 0.05) is 13.1 Å². The molecular weight excluding hydrogens is 418 g/mol. The van der Waals surface area contributed by atoms with Crippen LogP contribution < -0.4 is 5.56 Å². The van der Waals surface area contributed by atoms with E-state index >= 15 is 0 Å². The van der Waals surface area contributed by atoms with Crippen LogP contribution in [0.5, 0.6) is 0 Å². The van der Waals surface area contributed by atoms with Crippen LogP contribution in [0.15, 0.2) is 58.5 Å². The average Bonchev–Trinajstić information content (AvgIpc) is 3.36. The van der Waals surface area contributed by atoms with Crippen molar-refractivity contribution in [1.29, 1.82) is 0 Å². The number of aromatic nitrogens is 2. The minimum absolute atomic E-state index is 0.0204. The van der Waals surface area contributed by atoms with Gasteiger partial charge < -0.3 is 4.90 Å². The van der Waals surface area contributed by atoms with Crippen molar-refractivity contribution in [3.05, 3.63) is 70.0 Å². The summed E-state index contributed by atoms with van der Waals surface area (Å²) in [6.45, 7) is 0. The first-order valence-electron chi connectivity index (χ1n) is 11.6. The highest BCUT2D eigenvalue weighted by Crippen LogP contribution is 2.35. The maximum Gasteiger partial charge on any atom is 0.262 e. The van der Waals surface area contributed by atoms with Gasteiger partial charge in [0.1, 0.15) is 0 Å². The van der Waals surface area contributed by atoms with Gasteiger partial charge in [-0.3, -0.25) is 14.2 Å². The van der Waals surface area contributed by atoms with Crippen LogP contribution in [0.1, 0.15) is 61.7 Å². The molecule has 5 nitrogen and oxygen atoms in total. The molecule has 1 amide bonds. The number of aryl methyl sites for hydroxylation is 1. The van der Waals surface area contributed by atoms with Gasteiger partial charge in [0.25, 0.3) is 5.56 Å². The monoisotopic (exact) mass is 447 g/mol. The molecule has 2 aliphatic carbocycles. The standard InChI is InChI=1S/C26H29N3O2S/c1-28(23-16-8-10-18-9-2-5-13-20(18)23)24(30)17-32-26-27-22-15-7-6-14-21(22)25(31)29(26)19-11-3-4-12-19/h2,5-7,9,13-15,19,23H,3-4,8,10-12,16-17H2,1H3. The highest BCUT2D eigenvalue weighted by Gasteiger charge is 2.28. The van der Waals surface area contributed by atoms with E-state index in [9.17, 15) is 9.59 Å². The Hall–Kier alpha value is -2.60. The van der Waals surface area contributed by atoms with Gasteiger partial charge in [0.15, 0.2) is 5.16 Å². The molecule has 0 radical (unpaired) electrons. The number of para-hydroxylation sites is 1. The first kappa shape index (κ1) is 21.3. The van der Waals surface area contributed by atoms with Crippen molar-refractivity contribution in [2.24, 2.45) is 0 Å². The minimum Gasteiger partial charge on any atom is -0.338 e. The predicted octanol–water partition coefficient (Wildman–Crippen LogP) is 5.14. The number of fused-ring (bicyclic) bond motifs is 2. The van der Waals surface area contributed by atoms with Crippen molar-refractivity contribution in [3.63, 3.8) is 0 Å². The van der Waals surface area contributed by atoms with Crippen LogP contribution in [0.4, 0.5) is 0 Å². The summed E-state index contributed by atoms with van der Waals surface area (Å²) in [5, 5.41) is 1.33. The smallest absolute Gasteiger partial charge is 0.262 e. The molecule has 3 aromatic rings. The van der Waals surface area contributed by atoms with E-state index in [-0.39, 0.29) is 29.3 Å². The molecule has 0 saturated heterocycles. The number of hydrogen-bond donors (Lipinski definition) is 0. The molecule has 5 rings (SSSR count). The molecule has 0 spiro atoms. The predicted molar refractivity (Wildman–Crippen MR) is 129 cm³/mol. The molecule has 1 unspecified atom stereocenters. The zero-order valence-electron chi connectivity index (χ0n) is 18.5. The molecule has 166 valence electrons. The number of amides is 1. The van der Waals surface area contributed by atoms with Gasteiger partial charge in [-0.15, -0.1) is 0 Å². The second kappa shape index (κ2) is 9.10. The average molecular weight is 448 g/mol. The van der Waals surface area contributed by atoms with Crippen molar-refractivity contribution in [2.75, 3.05) is 12.8 Å². The molecule has 1 saturated carbocycles. The molecule has 0 bridgehead atoms. The highest BCUT2D eigenvalue weighted by atomic mass is 32.2. The maximum atomic E-state index is 13.3. The van der Waals surface area contributed by atoms with Gasteiger partial charge in [-0.05, 0) is 55.4 Å². The summed E-state index contributed by atoms with van der Waals surface area (Å²) in [5.74, 6) is 0.365. The van der Waals surface area contributed by atoms with Crippen LogP contribution >= 0.6 is 11.8 Å². The van der Waals surface area contributed by atoms with Crippen molar-refractivity contribution in [2.45, 2.75) is 62.2 Å². The summed E-state index contributed by atoms with van der Waals surface area (Å²) >= 11 is 1.41. The van der Waals surface area contributed by atoms with Crippen LogP contribution in [0.2, 0.25) is 0 Å². The lowest BCUT2D eigenvalue weighted by molar-refractivity contribution is -0.129. The lowest BCUT2D eigenvalue weighted by Crippen LogP contribution is -2.34. The van der Waals surface area contributed by atoms with E-state index in [1.54, 1.807) is 0 Å². The van der Waals surface area contributed by atoms with Crippen LogP contribution in [-0.4, -0.2) is 33.2 Å². The summed E-state index contributed by atoms with van der Waals surface area (Å²) in [7, 11) is 1.91. The fourth-order valence-electron chi connectivity index (χ4n) is 5.24. The summed E-state index contributed by atoms with van der Waals surface area (Å²) in [5.41, 5.74) is 3.34. The Morgan fingerprint density at radius 2 is 1.81 bits per heavy atom. The van der Waals surface area contributed by atoms with Crippen molar-refractivity contribution >= 4 is 28.6 Å². The number of thioether (sulfide) groups is 1. The van der Waals surface area contributed by atoms with E-state index < -0.39 is 0 Å². The van der Waals surface area contributed by atoms with E-state index in [1.807, 2.05) is 40.8 Å². The van der Waals surface area contributed by atoms with Gasteiger partial charge in [0.2, 0.25) is 5.91 Å². The second-order valence-electron chi connectivity index (χ2n) is 8.93. The molecule has 1 atom stereocenters. The number of hydrogen-bond acceptors (Lipinski definition) is 4. The normalized spacial score (nSPS) is 18.6. The molecule has 0 aliphatic heterocycles. The lowest BCUT2D eigenvalue weighted by Gasteiger charge is -2.33. The molecule has 2 aromatic carbocycles. The molecule has 6 heteroatoms. The topological polar surface area (TPSA) is 55.2 Å². The Labute approximate surface area is 192 Å². The third kappa shape index (κ3) is 3.96. The fourth-order valence-corrected chi connectivity index (χ4v) is 6.23. The van der Waals surface area contributed by atoms with Gasteiger partial charge in [0.05, 0.1) is 22.7 Å². The van der Waals surface area contributed by atoms with Crippen LogP contribution in [0.25, 0.3) is 10.9 Å². The van der Waals surface area contributed by atoms with Crippen LogP contribution in [0, 0.1) is 0 Å². The minimum atomic E-state index is 0.0204. The third-order valence-corrected chi connectivity index (χ3v) is 7.93. The number of carbonyl (C=O) groups is 1. The van der Waals surface area contributed by atoms with Crippen LogP contribution in [-0.2, 0) is 11.2 Å². The molecule has 1 heterocycles. The Kier molecular flexibility index (Phi) is 6.05. The molecule has 1 aromatic heterocycles. The van der Waals surface area contributed by atoms with Gasteiger partial charge in [-0.2, -0.15) is 0 Å². The molecule has 2 aliphatic rings. The fraction of sp³-hybridized carbons (Fsp3) is 0.423. The Morgan fingerprint density at radius 1 is 1.06 bits per heavy atom. The van der Waals surface area contributed by atoms with Crippen LogP contribution in [0.3, 0.4) is 0 Å². The highest BCUT2D eigenvalue weighted by molar-refractivity contribution is 7.99. The first-order chi connectivity index (χ1) is 15.6. The molecular formula is C26H29N3O2S. The summed E-state index contributed by atoms with van der Waals surface area (Å²) < 4.78 is 1.86. The third-order valence-electron chi connectivity index (χ3n) is 6.99. The van der Waals surface area contributed by atoms with Crippen molar-refractivity contribution < 1.29 is 4.79 Å². The Bertz CT molecular complexity index is 1200. The lowest BCUT2D eigenvalue weighted by atomic mass is 9.87. The Morgan fingerprint density at radius 3 is 2.66 bits per heavy atom. The van der Waals surface area contributed by atoms with E-state index in [4.69, 9.17) is 4.98 Å². The number of nitrogens with zero attached hydrogens (tertiary/aromatic N) is 3. The molecule has 1 fully saturated rings. The number of carbonyl (C=O) groups excluding carboxylic acids is 1. The van der Waals surface area contributed by atoms with E-state index in [0.29, 0.717) is 16.1 Å². The van der Waals surface area contributed by atoms with Gasteiger partial charge >= 0.3 is 0 Å². The van der Waals surface area contributed by atoms with E-state index in [1.165, 1.54) is 22.9 Å². The first-order valence-corrected chi connectivity index (χ1v) is 12.6. The SMILES string of the molecule is CN(C(=O)CSc1nc2ccccc2c(=O)n1C1CCCC1)C1CCCc2ccccc21. The maximum absolute atomic E-state index is 13.3. The Balaban J connectivity index is 1.40. The second-order valence-corrected chi connectivity index (χ2v) is 9.87. The summed E-state index contributed by atoms with van der Waals surface area (Å²) in [6, 6.07) is 16.3.